The lowest BCUT2D eigenvalue weighted by Crippen LogP contribution is -2.42. The molecule has 2 aliphatic heterocycles. The number of anilines is 1. The molecule has 3 N–H and O–H groups in total. The van der Waals surface area contributed by atoms with E-state index in [-0.39, 0.29) is 11.0 Å². The smallest absolute Gasteiger partial charge is 0.489 e. The Morgan fingerprint density at radius 2 is 1.91 bits per heavy atom. The summed E-state index contributed by atoms with van der Waals surface area (Å²) >= 11 is 7.60. The van der Waals surface area contributed by atoms with Crippen LogP contribution < -0.4 is 14.8 Å². The molecule has 0 aliphatic carbocycles. The number of ether oxygens (including phenoxy) is 1. The van der Waals surface area contributed by atoms with Crippen LogP contribution in [0.25, 0.3) is 0 Å². The van der Waals surface area contributed by atoms with Crippen molar-refractivity contribution in [2.75, 3.05) is 4.72 Å². The average Bonchev–Trinajstić information content (AvgIpc) is 3.32. The van der Waals surface area contributed by atoms with Crippen LogP contribution in [-0.4, -0.2) is 48.8 Å². The largest absolute Gasteiger partial charge is 0.490 e. The van der Waals surface area contributed by atoms with Gasteiger partial charge in [-0.05, 0) is 43.9 Å². The summed E-state index contributed by atoms with van der Waals surface area (Å²) in [7, 11) is -3.72. The number of hydrogen-bond donors (Lipinski definition) is 3. The van der Waals surface area contributed by atoms with E-state index in [1.807, 2.05) is 0 Å². The minimum Gasteiger partial charge on any atom is -0.489 e. The summed E-state index contributed by atoms with van der Waals surface area (Å²) in [6.45, 7) is 0. The fraction of sp³-hybridized carbons (Fsp3) is 0.444. The standard InChI is InChI=1S/C16H18ClN3O3S2.C2HF3O2/c17-14-7-13(25(21,22)20-16-8-24-9-18-16)3-4-15(14)23-12-5-10-1-2-11(6-12)19-10;3-2(4,5)1(6)7/h3-4,7-12,19-20H,1-2,5-6H2;(H,6,7)/t10-,11?,12?;/m0./s1. The molecule has 1 aromatic heterocycles. The van der Waals surface area contributed by atoms with Crippen LogP contribution in [0, 0.1) is 0 Å². The van der Waals surface area contributed by atoms with E-state index in [4.69, 9.17) is 26.2 Å². The highest BCUT2D eigenvalue weighted by Gasteiger charge is 2.38. The fourth-order valence-corrected chi connectivity index (χ4v) is 5.36. The highest BCUT2D eigenvalue weighted by molar-refractivity contribution is 7.92. The van der Waals surface area contributed by atoms with Crippen LogP contribution >= 0.6 is 22.9 Å². The second kappa shape index (κ2) is 9.81. The first kappa shape index (κ1) is 24.6. The number of fused-ring (bicyclic) bond motifs is 2. The van der Waals surface area contributed by atoms with Crippen LogP contribution in [0.3, 0.4) is 0 Å². The molecule has 8 nitrogen and oxygen atoms in total. The maximum absolute atomic E-state index is 12.4. The van der Waals surface area contributed by atoms with Crippen LogP contribution in [0.15, 0.2) is 34.0 Å². The second-order valence-corrected chi connectivity index (χ2v) is 10.0. The summed E-state index contributed by atoms with van der Waals surface area (Å²) in [5, 5.41) is 12.6. The van der Waals surface area contributed by atoms with Gasteiger partial charge in [0.1, 0.15) is 11.9 Å². The summed E-state index contributed by atoms with van der Waals surface area (Å²) in [4.78, 5) is 12.9. The van der Waals surface area contributed by atoms with Gasteiger partial charge in [0.15, 0.2) is 5.82 Å². The molecule has 2 fully saturated rings. The maximum atomic E-state index is 12.4. The number of aliphatic carboxylic acids is 1. The van der Waals surface area contributed by atoms with Gasteiger partial charge in [-0.1, -0.05) is 11.6 Å². The molecule has 2 saturated heterocycles. The van der Waals surface area contributed by atoms with Crippen molar-refractivity contribution in [2.45, 2.75) is 54.9 Å². The number of benzene rings is 1. The van der Waals surface area contributed by atoms with Gasteiger partial charge < -0.3 is 15.2 Å². The Labute approximate surface area is 190 Å². The second-order valence-electron chi connectivity index (χ2n) is 7.22. The van der Waals surface area contributed by atoms with Crippen molar-refractivity contribution in [2.24, 2.45) is 0 Å². The normalized spacial score (nSPS) is 22.6. The number of hydrogen-bond acceptors (Lipinski definition) is 7. The molecule has 176 valence electrons. The van der Waals surface area contributed by atoms with Crippen molar-refractivity contribution in [3.63, 3.8) is 0 Å². The van der Waals surface area contributed by atoms with Crippen molar-refractivity contribution in [3.8, 4) is 5.75 Å². The minimum absolute atomic E-state index is 0.0863. The Kier molecular flexibility index (Phi) is 7.53. The van der Waals surface area contributed by atoms with Crippen molar-refractivity contribution < 1.29 is 36.2 Å². The molecule has 1 aromatic carbocycles. The zero-order valence-electron chi connectivity index (χ0n) is 16.3. The first-order valence-electron chi connectivity index (χ1n) is 9.37. The zero-order valence-corrected chi connectivity index (χ0v) is 18.7. The summed E-state index contributed by atoms with van der Waals surface area (Å²) in [5.41, 5.74) is 1.56. The number of halogens is 4. The van der Waals surface area contributed by atoms with Crippen molar-refractivity contribution in [1.82, 2.24) is 10.3 Å². The third-order valence-corrected chi connectivity index (χ3v) is 7.09. The first-order chi connectivity index (χ1) is 14.9. The minimum atomic E-state index is -5.08. The fourth-order valence-electron chi connectivity index (χ4n) is 3.48. The number of nitrogens with one attached hydrogen (secondary N) is 2. The van der Waals surface area contributed by atoms with Gasteiger partial charge in [-0.2, -0.15) is 13.2 Å². The summed E-state index contributed by atoms with van der Waals surface area (Å²) < 4.78 is 65.0. The molecule has 3 heterocycles. The third-order valence-electron chi connectivity index (χ3n) is 4.85. The lowest BCUT2D eigenvalue weighted by Gasteiger charge is -2.29. The molecule has 2 aliphatic rings. The number of carboxylic acids is 1. The molecule has 4 rings (SSSR count). The Morgan fingerprint density at radius 3 is 2.41 bits per heavy atom. The van der Waals surface area contributed by atoms with Crippen LogP contribution in [0.1, 0.15) is 25.7 Å². The topological polar surface area (TPSA) is 118 Å². The number of carbonyl (C=O) groups is 1. The quantitative estimate of drug-likeness (QED) is 0.555. The maximum Gasteiger partial charge on any atom is 0.490 e. The van der Waals surface area contributed by atoms with Gasteiger partial charge in [0.05, 0.1) is 15.4 Å². The van der Waals surface area contributed by atoms with Gasteiger partial charge in [0.25, 0.3) is 10.0 Å². The van der Waals surface area contributed by atoms with E-state index in [1.54, 1.807) is 17.0 Å². The lowest BCUT2D eigenvalue weighted by atomic mass is 10.0. The SMILES string of the molecule is O=C(O)C(F)(F)F.O=S(=O)(Nc1cscn1)c1ccc(OC2CC3CC[C@@H](C2)N3)c(Cl)c1. The van der Waals surface area contributed by atoms with E-state index >= 15 is 0 Å². The van der Waals surface area contributed by atoms with E-state index in [0.29, 0.717) is 28.7 Å². The van der Waals surface area contributed by atoms with E-state index in [2.05, 4.69) is 15.0 Å². The molecule has 14 heteroatoms. The van der Waals surface area contributed by atoms with Gasteiger partial charge >= 0.3 is 12.1 Å². The van der Waals surface area contributed by atoms with E-state index in [0.717, 1.165) is 12.8 Å². The predicted molar refractivity (Wildman–Crippen MR) is 112 cm³/mol. The molecule has 0 saturated carbocycles. The summed E-state index contributed by atoms with van der Waals surface area (Å²) in [6.07, 6.45) is -0.668. The number of piperidine rings is 1. The lowest BCUT2D eigenvalue weighted by molar-refractivity contribution is -0.192. The molecule has 0 amide bonds. The van der Waals surface area contributed by atoms with Gasteiger partial charge in [0.2, 0.25) is 0 Å². The predicted octanol–water partition coefficient (Wildman–Crippen LogP) is 3.89. The molecule has 0 spiro atoms. The van der Waals surface area contributed by atoms with Crippen molar-refractivity contribution >= 4 is 44.7 Å². The van der Waals surface area contributed by atoms with Gasteiger partial charge in [-0.15, -0.1) is 11.3 Å². The number of thiazole rings is 1. The number of sulfonamides is 1. The zero-order chi connectivity index (χ0) is 23.5. The summed E-state index contributed by atoms with van der Waals surface area (Å²) in [5.74, 6) is -1.93. The number of rotatable bonds is 5. The van der Waals surface area contributed by atoms with Crippen LogP contribution in [0.4, 0.5) is 19.0 Å². The van der Waals surface area contributed by atoms with E-state index in [1.165, 1.54) is 36.3 Å². The van der Waals surface area contributed by atoms with Gasteiger partial charge in [-0.25, -0.2) is 18.2 Å². The van der Waals surface area contributed by atoms with Crippen molar-refractivity contribution in [1.29, 1.82) is 0 Å². The molecule has 0 radical (unpaired) electrons. The van der Waals surface area contributed by atoms with Crippen molar-refractivity contribution in [3.05, 3.63) is 34.1 Å². The van der Waals surface area contributed by atoms with E-state index < -0.39 is 22.2 Å². The van der Waals surface area contributed by atoms with Gasteiger partial charge in [0, 0.05) is 17.5 Å². The third kappa shape index (κ3) is 6.47. The molecule has 2 aromatic rings. The number of nitrogens with zero attached hydrogens (tertiary/aromatic N) is 1. The Balaban J connectivity index is 0.000000360. The summed E-state index contributed by atoms with van der Waals surface area (Å²) in [6, 6.07) is 5.59. The number of aromatic nitrogens is 1. The van der Waals surface area contributed by atoms with Crippen LogP contribution in [0.2, 0.25) is 5.02 Å². The molecule has 32 heavy (non-hydrogen) atoms. The monoisotopic (exact) mass is 513 g/mol. The highest BCUT2D eigenvalue weighted by atomic mass is 35.5. The van der Waals surface area contributed by atoms with Gasteiger partial charge in [-0.3, -0.25) is 4.72 Å². The Morgan fingerprint density at radius 1 is 1.28 bits per heavy atom. The molecular weight excluding hydrogens is 495 g/mol. The highest BCUT2D eigenvalue weighted by Crippen LogP contribution is 2.33. The molecule has 3 atom stereocenters. The van der Waals surface area contributed by atoms with Crippen LogP contribution in [-0.2, 0) is 14.8 Å². The Bertz CT molecular complexity index is 1040. The van der Waals surface area contributed by atoms with Crippen LogP contribution in [0.5, 0.6) is 5.75 Å². The molecule has 2 unspecified atom stereocenters. The number of alkyl halides is 3. The first-order valence-corrected chi connectivity index (χ1v) is 12.2. The van der Waals surface area contributed by atoms with E-state index in [9.17, 15) is 21.6 Å². The molecule has 2 bridgehead atoms. The Hall–Kier alpha value is -2.09. The average molecular weight is 514 g/mol. The molecular formula is C18H19ClF3N3O5S2. The number of carboxylic acid groups (broad SMARTS) is 1.